The highest BCUT2D eigenvalue weighted by Gasteiger charge is 2.46. The van der Waals surface area contributed by atoms with E-state index in [0.29, 0.717) is 37.9 Å². The zero-order chi connectivity index (χ0) is 39.5. The molecule has 0 aromatic rings. The average Bonchev–Trinajstić information content (AvgIpc) is 3.22. The van der Waals surface area contributed by atoms with Gasteiger partial charge in [-0.25, -0.2) is 17.6 Å². The predicted molar refractivity (Wildman–Crippen MR) is 226 cm³/mol. The standard InChI is InChI=1S/C50H88F4O2/c1-3-5-7-9-11-13-34-55-45-32-30-43(47(51)49(45)53)41-26-22-37(23-27-41)18-20-39-16-15-17-40(36-39)21-19-38-24-28-42(29-25-38)44-31-33-46(50(54)48(44)52)56-35-14-12-10-8-6-4-2/h37-50H,3-36H2,1-2H3. The summed E-state index contributed by atoms with van der Waals surface area (Å²) < 4.78 is 72.9. The van der Waals surface area contributed by atoms with Crippen molar-refractivity contribution in [1.82, 2.24) is 0 Å². The molecule has 5 saturated carbocycles. The van der Waals surface area contributed by atoms with Gasteiger partial charge in [-0.3, -0.25) is 0 Å². The minimum atomic E-state index is -1.45. The predicted octanol–water partition coefficient (Wildman–Crippen LogP) is 15.6. The Hall–Kier alpha value is -0.360. The third-order valence-corrected chi connectivity index (χ3v) is 16.2. The molecule has 6 heteroatoms. The lowest BCUT2D eigenvalue weighted by atomic mass is 9.67. The zero-order valence-corrected chi connectivity index (χ0v) is 36.5. The molecule has 0 bridgehead atoms. The van der Waals surface area contributed by atoms with Crippen molar-refractivity contribution < 1.29 is 27.0 Å². The first kappa shape index (κ1) is 46.7. The Morgan fingerprint density at radius 1 is 0.375 bits per heavy atom. The van der Waals surface area contributed by atoms with Gasteiger partial charge >= 0.3 is 0 Å². The summed E-state index contributed by atoms with van der Waals surface area (Å²) >= 11 is 0. The Morgan fingerprint density at radius 3 is 1.16 bits per heavy atom. The summed E-state index contributed by atoms with van der Waals surface area (Å²) in [5.41, 5.74) is 0. The van der Waals surface area contributed by atoms with E-state index in [-0.39, 0.29) is 11.8 Å². The van der Waals surface area contributed by atoms with Gasteiger partial charge in [0.1, 0.15) is 12.3 Å². The molecule has 328 valence electrons. The molecule has 5 rings (SSSR count). The molecule has 10 unspecified atom stereocenters. The van der Waals surface area contributed by atoms with Crippen LogP contribution in [0.5, 0.6) is 0 Å². The van der Waals surface area contributed by atoms with Gasteiger partial charge in [0.15, 0.2) is 12.3 Å². The summed E-state index contributed by atoms with van der Waals surface area (Å²) in [6.45, 7) is 5.59. The molecule has 56 heavy (non-hydrogen) atoms. The maximum absolute atomic E-state index is 15.4. The molecular formula is C50H88F4O2. The van der Waals surface area contributed by atoms with Crippen LogP contribution in [0.3, 0.4) is 0 Å². The molecule has 0 N–H and O–H groups in total. The number of alkyl halides is 4. The quantitative estimate of drug-likeness (QED) is 0.0715. The topological polar surface area (TPSA) is 18.5 Å². The fraction of sp³-hybridized carbons (Fsp3) is 1.00. The largest absolute Gasteiger partial charge is 0.375 e. The summed E-state index contributed by atoms with van der Waals surface area (Å²) in [6, 6.07) is 0. The molecule has 0 saturated heterocycles. The molecule has 5 fully saturated rings. The van der Waals surface area contributed by atoms with Crippen LogP contribution in [0, 0.1) is 47.3 Å². The first-order chi connectivity index (χ1) is 27.4. The van der Waals surface area contributed by atoms with Gasteiger partial charge < -0.3 is 9.47 Å². The van der Waals surface area contributed by atoms with Crippen molar-refractivity contribution in [2.45, 2.75) is 256 Å². The normalized spacial score (nSPS) is 38.5. The molecule has 0 amide bonds. The summed E-state index contributed by atoms with van der Waals surface area (Å²) in [6.07, 6.45) is 30.4. The van der Waals surface area contributed by atoms with Gasteiger partial charge in [-0.2, -0.15) is 0 Å². The number of hydrogen-bond donors (Lipinski definition) is 0. The van der Waals surface area contributed by atoms with Crippen molar-refractivity contribution in [3.63, 3.8) is 0 Å². The van der Waals surface area contributed by atoms with Crippen LogP contribution in [0.4, 0.5) is 17.6 Å². The Bertz CT molecular complexity index is 922. The third-order valence-electron chi connectivity index (χ3n) is 16.2. The van der Waals surface area contributed by atoms with Crippen molar-refractivity contribution in [3.05, 3.63) is 0 Å². The van der Waals surface area contributed by atoms with Crippen molar-refractivity contribution in [1.29, 1.82) is 0 Å². The lowest BCUT2D eigenvalue weighted by molar-refractivity contribution is -0.0881. The van der Waals surface area contributed by atoms with E-state index in [1.165, 1.54) is 128 Å². The Balaban J connectivity index is 0.900. The Labute approximate surface area is 342 Å². The van der Waals surface area contributed by atoms with Gasteiger partial charge in [0.2, 0.25) is 0 Å². The molecule has 0 aliphatic heterocycles. The Morgan fingerprint density at radius 2 is 0.750 bits per heavy atom. The maximum Gasteiger partial charge on any atom is 0.157 e. The second kappa shape index (κ2) is 26.1. The highest BCUT2D eigenvalue weighted by molar-refractivity contribution is 4.95. The van der Waals surface area contributed by atoms with Crippen LogP contribution in [-0.2, 0) is 9.47 Å². The lowest BCUT2D eigenvalue weighted by Crippen LogP contribution is -2.45. The van der Waals surface area contributed by atoms with Crippen molar-refractivity contribution in [2.24, 2.45) is 47.3 Å². The van der Waals surface area contributed by atoms with E-state index in [2.05, 4.69) is 13.8 Å². The smallest absolute Gasteiger partial charge is 0.157 e. The molecule has 2 nitrogen and oxygen atoms in total. The molecule has 0 aromatic carbocycles. The van der Waals surface area contributed by atoms with Crippen LogP contribution < -0.4 is 0 Å². The van der Waals surface area contributed by atoms with Crippen LogP contribution >= 0.6 is 0 Å². The fourth-order valence-electron chi connectivity index (χ4n) is 12.5. The molecule has 10 atom stereocenters. The van der Waals surface area contributed by atoms with Crippen molar-refractivity contribution in [2.75, 3.05) is 13.2 Å². The number of unbranched alkanes of at least 4 members (excludes halogenated alkanes) is 10. The van der Waals surface area contributed by atoms with Crippen LogP contribution in [0.25, 0.3) is 0 Å². The average molecular weight is 797 g/mol. The van der Waals surface area contributed by atoms with E-state index >= 15 is 17.6 Å². The molecule has 0 radical (unpaired) electrons. The molecule has 0 spiro atoms. The van der Waals surface area contributed by atoms with E-state index in [0.717, 1.165) is 87.9 Å². The summed E-state index contributed by atoms with van der Waals surface area (Å²) in [4.78, 5) is 0. The van der Waals surface area contributed by atoms with Crippen LogP contribution in [0.15, 0.2) is 0 Å². The highest BCUT2D eigenvalue weighted by Crippen LogP contribution is 2.46. The lowest BCUT2D eigenvalue weighted by Gasteiger charge is -2.41. The highest BCUT2D eigenvalue weighted by atomic mass is 19.2. The molecule has 5 aliphatic rings. The van der Waals surface area contributed by atoms with E-state index in [1.54, 1.807) is 0 Å². The first-order valence-corrected chi connectivity index (χ1v) is 25.2. The fourth-order valence-corrected chi connectivity index (χ4v) is 12.5. The number of halogens is 4. The minimum Gasteiger partial charge on any atom is -0.375 e. The zero-order valence-electron chi connectivity index (χ0n) is 36.5. The van der Waals surface area contributed by atoms with Gasteiger partial charge in [-0.15, -0.1) is 0 Å². The number of ether oxygens (including phenoxy) is 2. The van der Waals surface area contributed by atoms with Crippen LogP contribution in [-0.4, -0.2) is 50.1 Å². The van der Waals surface area contributed by atoms with E-state index < -0.39 is 36.9 Å². The summed E-state index contributed by atoms with van der Waals surface area (Å²) in [5, 5.41) is 0. The van der Waals surface area contributed by atoms with E-state index in [1.807, 2.05) is 0 Å². The monoisotopic (exact) mass is 797 g/mol. The molecular weight excluding hydrogens is 709 g/mol. The van der Waals surface area contributed by atoms with Crippen LogP contribution in [0.1, 0.15) is 219 Å². The first-order valence-electron chi connectivity index (χ1n) is 25.2. The number of hydrogen-bond acceptors (Lipinski definition) is 2. The summed E-state index contributed by atoms with van der Waals surface area (Å²) in [7, 11) is 0. The molecule has 0 aromatic heterocycles. The van der Waals surface area contributed by atoms with Gasteiger partial charge in [0, 0.05) is 13.2 Å². The van der Waals surface area contributed by atoms with Gasteiger partial charge in [0.25, 0.3) is 0 Å². The van der Waals surface area contributed by atoms with Gasteiger partial charge in [0.05, 0.1) is 12.2 Å². The number of rotatable bonds is 24. The second-order valence-electron chi connectivity index (χ2n) is 20.2. The maximum atomic E-state index is 15.4. The molecule has 0 heterocycles. The SMILES string of the molecule is CCCCCCCCOC1CCC(C2CCC(CCC3CCCC(CCC4CCC(C5CCC(OCCCCCCCC)C(F)C5F)CC4)C3)CC2)C(F)C1F. The van der Waals surface area contributed by atoms with Gasteiger partial charge in [-0.05, 0) is 118 Å². The minimum absolute atomic E-state index is 0.114. The summed E-state index contributed by atoms with van der Waals surface area (Å²) in [5.74, 6) is 3.72. The third kappa shape index (κ3) is 15.0. The van der Waals surface area contributed by atoms with Crippen LogP contribution in [0.2, 0.25) is 0 Å². The van der Waals surface area contributed by atoms with Crippen molar-refractivity contribution in [3.8, 4) is 0 Å². The van der Waals surface area contributed by atoms with Gasteiger partial charge in [-0.1, -0.05) is 149 Å². The second-order valence-corrected chi connectivity index (χ2v) is 20.2. The Kier molecular flexibility index (Phi) is 21.8. The molecule has 5 aliphatic carbocycles. The van der Waals surface area contributed by atoms with Crippen molar-refractivity contribution >= 4 is 0 Å². The van der Waals surface area contributed by atoms with E-state index in [9.17, 15) is 0 Å². The van der Waals surface area contributed by atoms with E-state index in [4.69, 9.17) is 9.47 Å².